The molecule has 0 aliphatic rings. The minimum Gasteiger partial charge on any atom is -0.487 e. The van der Waals surface area contributed by atoms with E-state index in [1.165, 1.54) is 0 Å². The van der Waals surface area contributed by atoms with Crippen molar-refractivity contribution in [2.45, 2.75) is 6.61 Å². The summed E-state index contributed by atoms with van der Waals surface area (Å²) in [4.78, 5) is 8.43. The first-order valence-corrected chi connectivity index (χ1v) is 6.89. The molecule has 1 aromatic carbocycles. The fourth-order valence-electron chi connectivity index (χ4n) is 1.92. The van der Waals surface area contributed by atoms with Crippen LogP contribution in [0.3, 0.4) is 0 Å². The molecule has 0 spiro atoms. The van der Waals surface area contributed by atoms with Gasteiger partial charge >= 0.3 is 0 Å². The Balaban J connectivity index is 1.85. The zero-order chi connectivity index (χ0) is 13.9. The van der Waals surface area contributed by atoms with Gasteiger partial charge in [0.2, 0.25) is 0 Å². The molecule has 100 valence electrons. The van der Waals surface area contributed by atoms with Gasteiger partial charge in [-0.2, -0.15) is 0 Å². The standard InChI is InChI=1S/C15H12BrN3O/c16-12-6-13(8-18-7-12)20-9-11-5-10-3-1-2-4-14(10)19-15(11)17/h1-8H,9H2,(H2,17,19). The third kappa shape index (κ3) is 2.72. The molecule has 20 heavy (non-hydrogen) atoms. The summed E-state index contributed by atoms with van der Waals surface area (Å²) >= 11 is 3.36. The van der Waals surface area contributed by atoms with E-state index in [0.717, 1.165) is 20.9 Å². The summed E-state index contributed by atoms with van der Waals surface area (Å²) < 4.78 is 6.56. The lowest BCUT2D eigenvalue weighted by Crippen LogP contribution is -2.03. The van der Waals surface area contributed by atoms with Crippen molar-refractivity contribution in [2.24, 2.45) is 0 Å². The number of nitrogens with zero attached hydrogens (tertiary/aromatic N) is 2. The summed E-state index contributed by atoms with van der Waals surface area (Å²) in [7, 11) is 0. The molecule has 0 saturated heterocycles. The Labute approximate surface area is 124 Å². The molecule has 0 aliphatic heterocycles. The number of halogens is 1. The van der Waals surface area contributed by atoms with Crippen molar-refractivity contribution in [3.05, 3.63) is 58.8 Å². The number of para-hydroxylation sites is 1. The molecule has 2 aromatic heterocycles. The van der Waals surface area contributed by atoms with Crippen molar-refractivity contribution in [3.63, 3.8) is 0 Å². The van der Waals surface area contributed by atoms with Gasteiger partial charge in [-0.05, 0) is 34.1 Å². The number of aromatic nitrogens is 2. The Hall–Kier alpha value is -2.14. The van der Waals surface area contributed by atoms with Gasteiger partial charge in [-0.15, -0.1) is 0 Å². The van der Waals surface area contributed by atoms with Crippen molar-refractivity contribution in [1.82, 2.24) is 9.97 Å². The Morgan fingerprint density at radius 2 is 2.00 bits per heavy atom. The lowest BCUT2D eigenvalue weighted by molar-refractivity contribution is 0.305. The molecule has 2 heterocycles. The zero-order valence-electron chi connectivity index (χ0n) is 10.6. The van der Waals surface area contributed by atoms with Crippen LogP contribution in [0.25, 0.3) is 10.9 Å². The molecule has 0 atom stereocenters. The van der Waals surface area contributed by atoms with Crippen LogP contribution in [-0.2, 0) is 6.61 Å². The fraction of sp³-hybridized carbons (Fsp3) is 0.0667. The van der Waals surface area contributed by atoms with E-state index in [0.29, 0.717) is 18.2 Å². The number of pyridine rings is 2. The Morgan fingerprint density at radius 1 is 1.15 bits per heavy atom. The number of nitrogens with two attached hydrogens (primary N) is 1. The molecule has 0 amide bonds. The van der Waals surface area contributed by atoms with Crippen LogP contribution in [0.15, 0.2) is 53.3 Å². The molecule has 0 aliphatic carbocycles. The van der Waals surface area contributed by atoms with Crippen molar-refractivity contribution < 1.29 is 4.74 Å². The largest absolute Gasteiger partial charge is 0.487 e. The van der Waals surface area contributed by atoms with E-state index < -0.39 is 0 Å². The molecule has 0 saturated carbocycles. The second kappa shape index (κ2) is 5.46. The molecule has 0 fully saturated rings. The SMILES string of the molecule is Nc1nc2ccccc2cc1COc1cncc(Br)c1. The van der Waals surface area contributed by atoms with E-state index in [-0.39, 0.29) is 0 Å². The molecule has 0 unspecified atom stereocenters. The molecule has 3 rings (SSSR count). The van der Waals surface area contributed by atoms with Crippen LogP contribution in [0.5, 0.6) is 5.75 Å². The molecule has 2 N–H and O–H groups in total. The van der Waals surface area contributed by atoms with Gasteiger partial charge in [0.25, 0.3) is 0 Å². The number of fused-ring (bicyclic) bond motifs is 1. The Morgan fingerprint density at radius 3 is 2.85 bits per heavy atom. The van der Waals surface area contributed by atoms with Crippen molar-refractivity contribution in [1.29, 1.82) is 0 Å². The monoisotopic (exact) mass is 329 g/mol. The number of nitrogen functional groups attached to an aromatic ring is 1. The van der Waals surface area contributed by atoms with Gasteiger partial charge in [-0.25, -0.2) is 4.98 Å². The Bertz CT molecular complexity index is 761. The van der Waals surface area contributed by atoms with Crippen molar-refractivity contribution >= 4 is 32.7 Å². The van der Waals surface area contributed by atoms with Crippen LogP contribution in [0.2, 0.25) is 0 Å². The van der Waals surface area contributed by atoms with E-state index in [1.54, 1.807) is 12.4 Å². The third-order valence-electron chi connectivity index (χ3n) is 2.91. The van der Waals surface area contributed by atoms with E-state index >= 15 is 0 Å². The quantitative estimate of drug-likeness (QED) is 0.798. The molecule has 4 nitrogen and oxygen atoms in total. The van der Waals surface area contributed by atoms with Crippen LogP contribution in [0.1, 0.15) is 5.56 Å². The van der Waals surface area contributed by atoms with Crippen molar-refractivity contribution in [2.75, 3.05) is 5.73 Å². The molecule has 0 radical (unpaired) electrons. The normalized spacial score (nSPS) is 10.7. The second-order valence-corrected chi connectivity index (χ2v) is 5.27. The van der Waals surface area contributed by atoms with Gasteiger partial charge in [0.1, 0.15) is 18.2 Å². The maximum atomic E-state index is 5.96. The van der Waals surface area contributed by atoms with Crippen molar-refractivity contribution in [3.8, 4) is 5.75 Å². The lowest BCUT2D eigenvalue weighted by atomic mass is 10.1. The smallest absolute Gasteiger partial charge is 0.139 e. The average Bonchev–Trinajstić information content (AvgIpc) is 2.45. The van der Waals surface area contributed by atoms with Gasteiger partial charge in [0.15, 0.2) is 0 Å². The van der Waals surface area contributed by atoms with Crippen LogP contribution < -0.4 is 10.5 Å². The first-order chi connectivity index (χ1) is 9.72. The van der Waals surface area contributed by atoms with E-state index in [9.17, 15) is 0 Å². The summed E-state index contributed by atoms with van der Waals surface area (Å²) in [5, 5.41) is 1.05. The highest BCUT2D eigenvalue weighted by atomic mass is 79.9. The summed E-state index contributed by atoms with van der Waals surface area (Å²) in [6.45, 7) is 0.363. The number of rotatable bonds is 3. The Kier molecular flexibility index (Phi) is 3.52. The topological polar surface area (TPSA) is 61.0 Å². The second-order valence-electron chi connectivity index (χ2n) is 4.35. The molecule has 5 heteroatoms. The number of ether oxygens (including phenoxy) is 1. The summed E-state index contributed by atoms with van der Waals surface area (Å²) in [6.07, 6.45) is 3.37. The predicted octanol–water partition coefficient (Wildman–Crippen LogP) is 3.55. The highest BCUT2D eigenvalue weighted by Crippen LogP contribution is 2.21. The first kappa shape index (κ1) is 12.9. The minimum atomic E-state index is 0.363. The average molecular weight is 330 g/mol. The number of benzene rings is 1. The third-order valence-corrected chi connectivity index (χ3v) is 3.34. The van der Waals surface area contributed by atoms with E-state index in [4.69, 9.17) is 10.5 Å². The number of anilines is 1. The van der Waals surface area contributed by atoms with E-state index in [1.807, 2.05) is 36.4 Å². The lowest BCUT2D eigenvalue weighted by Gasteiger charge is -2.09. The maximum absolute atomic E-state index is 5.96. The highest BCUT2D eigenvalue weighted by molar-refractivity contribution is 9.10. The van der Waals surface area contributed by atoms with Crippen LogP contribution in [-0.4, -0.2) is 9.97 Å². The van der Waals surface area contributed by atoms with Crippen LogP contribution in [0.4, 0.5) is 5.82 Å². The molecular formula is C15H12BrN3O. The van der Waals surface area contributed by atoms with Gasteiger partial charge < -0.3 is 10.5 Å². The fourth-order valence-corrected chi connectivity index (χ4v) is 2.27. The first-order valence-electron chi connectivity index (χ1n) is 6.10. The van der Waals surface area contributed by atoms with Gasteiger partial charge in [-0.3, -0.25) is 4.98 Å². The zero-order valence-corrected chi connectivity index (χ0v) is 12.2. The predicted molar refractivity (Wildman–Crippen MR) is 82.4 cm³/mol. The number of hydrogen-bond acceptors (Lipinski definition) is 4. The molecule has 3 aromatic rings. The minimum absolute atomic E-state index is 0.363. The summed E-state index contributed by atoms with van der Waals surface area (Å²) in [5.41, 5.74) is 7.72. The highest BCUT2D eigenvalue weighted by Gasteiger charge is 2.05. The molecular weight excluding hydrogens is 318 g/mol. The van der Waals surface area contributed by atoms with Crippen LogP contribution >= 0.6 is 15.9 Å². The van der Waals surface area contributed by atoms with Gasteiger partial charge in [0.05, 0.1) is 11.7 Å². The molecule has 0 bridgehead atoms. The van der Waals surface area contributed by atoms with Crippen LogP contribution in [0, 0.1) is 0 Å². The summed E-state index contributed by atoms with van der Waals surface area (Å²) in [6, 6.07) is 11.7. The van der Waals surface area contributed by atoms with Gasteiger partial charge in [0, 0.05) is 21.6 Å². The van der Waals surface area contributed by atoms with E-state index in [2.05, 4.69) is 25.9 Å². The summed E-state index contributed by atoms with van der Waals surface area (Å²) in [5.74, 6) is 1.18. The number of hydrogen-bond donors (Lipinski definition) is 1. The maximum Gasteiger partial charge on any atom is 0.139 e. The van der Waals surface area contributed by atoms with Gasteiger partial charge in [-0.1, -0.05) is 18.2 Å².